The van der Waals surface area contributed by atoms with Crippen LogP contribution in [0.25, 0.3) is 0 Å². The number of amides is 1. The highest BCUT2D eigenvalue weighted by atomic mass is 19.1. The van der Waals surface area contributed by atoms with Crippen LogP contribution < -0.4 is 5.32 Å². The Morgan fingerprint density at radius 2 is 1.92 bits per heavy atom. The van der Waals surface area contributed by atoms with Crippen LogP contribution in [0.3, 0.4) is 0 Å². The minimum Gasteiger partial charge on any atom is -0.353 e. The Kier molecular flexibility index (Phi) is 5.87. The SMILES string of the molecule is Cn1cccc1C(CNC(=O)c1cccc(F)c1)N1CCCCCC1. The molecule has 1 aliphatic rings. The number of likely N-dealkylation sites (tertiary alicyclic amines) is 1. The van der Waals surface area contributed by atoms with Crippen molar-refractivity contribution in [3.63, 3.8) is 0 Å². The average Bonchev–Trinajstić information content (AvgIpc) is 2.86. The van der Waals surface area contributed by atoms with Crippen molar-refractivity contribution in [3.8, 4) is 0 Å². The number of hydrogen-bond donors (Lipinski definition) is 1. The van der Waals surface area contributed by atoms with Crippen molar-refractivity contribution in [3.05, 3.63) is 59.7 Å². The molecule has 2 heterocycles. The monoisotopic (exact) mass is 343 g/mol. The van der Waals surface area contributed by atoms with Gasteiger partial charge >= 0.3 is 0 Å². The van der Waals surface area contributed by atoms with Gasteiger partial charge in [-0.1, -0.05) is 18.9 Å². The van der Waals surface area contributed by atoms with Gasteiger partial charge in [0.15, 0.2) is 0 Å². The lowest BCUT2D eigenvalue weighted by Gasteiger charge is -2.31. The molecule has 1 unspecified atom stereocenters. The van der Waals surface area contributed by atoms with Gasteiger partial charge in [-0.05, 0) is 56.3 Å². The molecule has 1 N–H and O–H groups in total. The van der Waals surface area contributed by atoms with Crippen LogP contribution in [0.5, 0.6) is 0 Å². The van der Waals surface area contributed by atoms with E-state index in [1.807, 2.05) is 19.3 Å². The zero-order valence-electron chi connectivity index (χ0n) is 14.7. The minimum atomic E-state index is -0.390. The number of halogens is 1. The number of rotatable bonds is 5. The van der Waals surface area contributed by atoms with Gasteiger partial charge in [0.05, 0.1) is 6.04 Å². The van der Waals surface area contributed by atoms with E-state index in [0.29, 0.717) is 12.1 Å². The van der Waals surface area contributed by atoms with Crippen LogP contribution in [0.4, 0.5) is 4.39 Å². The Hall–Kier alpha value is -2.14. The summed E-state index contributed by atoms with van der Waals surface area (Å²) in [5.74, 6) is -0.618. The molecule has 1 saturated heterocycles. The second kappa shape index (κ2) is 8.30. The number of nitrogens with zero attached hydrogens (tertiary/aromatic N) is 2. The smallest absolute Gasteiger partial charge is 0.251 e. The number of benzene rings is 1. The zero-order chi connectivity index (χ0) is 17.6. The number of aryl methyl sites for hydroxylation is 1. The van der Waals surface area contributed by atoms with Crippen molar-refractivity contribution in [2.45, 2.75) is 31.7 Å². The number of carbonyl (C=O) groups excluding carboxylic acids is 1. The third-order valence-electron chi connectivity index (χ3n) is 4.95. The Balaban J connectivity index is 1.73. The van der Waals surface area contributed by atoms with Crippen LogP contribution in [-0.2, 0) is 7.05 Å². The largest absolute Gasteiger partial charge is 0.353 e. The topological polar surface area (TPSA) is 37.3 Å². The fraction of sp³-hybridized carbons (Fsp3) is 0.450. The van der Waals surface area contributed by atoms with Crippen molar-refractivity contribution in [2.75, 3.05) is 19.6 Å². The molecule has 0 saturated carbocycles. The zero-order valence-corrected chi connectivity index (χ0v) is 14.7. The van der Waals surface area contributed by atoms with Crippen molar-refractivity contribution in [1.29, 1.82) is 0 Å². The highest BCUT2D eigenvalue weighted by Gasteiger charge is 2.24. The van der Waals surface area contributed by atoms with Crippen LogP contribution in [0.2, 0.25) is 0 Å². The third kappa shape index (κ3) is 4.48. The maximum Gasteiger partial charge on any atom is 0.251 e. The minimum absolute atomic E-state index is 0.135. The van der Waals surface area contributed by atoms with E-state index < -0.39 is 0 Å². The molecule has 0 spiro atoms. The molecule has 1 amide bonds. The van der Waals surface area contributed by atoms with Gasteiger partial charge < -0.3 is 9.88 Å². The number of hydrogen-bond acceptors (Lipinski definition) is 2. The molecule has 25 heavy (non-hydrogen) atoms. The quantitative estimate of drug-likeness (QED) is 0.902. The van der Waals surface area contributed by atoms with Gasteiger partial charge in [-0.2, -0.15) is 0 Å². The van der Waals surface area contributed by atoms with Gasteiger partial charge in [0.25, 0.3) is 5.91 Å². The first-order valence-electron chi connectivity index (χ1n) is 9.04. The summed E-state index contributed by atoms with van der Waals surface area (Å²) in [6.45, 7) is 2.62. The summed E-state index contributed by atoms with van der Waals surface area (Å²) in [6, 6.07) is 10.1. The predicted octanol–water partition coefficient (Wildman–Crippen LogP) is 3.51. The first-order valence-corrected chi connectivity index (χ1v) is 9.04. The molecule has 1 aromatic heterocycles. The van der Waals surface area contributed by atoms with E-state index in [1.165, 1.54) is 43.5 Å². The van der Waals surface area contributed by atoms with Crippen molar-refractivity contribution in [2.24, 2.45) is 7.05 Å². The van der Waals surface area contributed by atoms with E-state index in [4.69, 9.17) is 0 Å². The number of nitrogens with one attached hydrogen (secondary N) is 1. The summed E-state index contributed by atoms with van der Waals surface area (Å²) in [4.78, 5) is 14.9. The molecule has 5 heteroatoms. The first kappa shape index (κ1) is 17.7. The van der Waals surface area contributed by atoms with Gasteiger partial charge in [-0.3, -0.25) is 9.69 Å². The second-order valence-corrected chi connectivity index (χ2v) is 6.73. The molecule has 4 nitrogen and oxygen atoms in total. The molecule has 1 fully saturated rings. The van der Waals surface area contributed by atoms with Crippen molar-refractivity contribution < 1.29 is 9.18 Å². The van der Waals surface area contributed by atoms with Crippen LogP contribution in [0, 0.1) is 5.82 Å². The lowest BCUT2D eigenvalue weighted by Crippen LogP contribution is -2.39. The second-order valence-electron chi connectivity index (χ2n) is 6.73. The number of carbonyl (C=O) groups is 1. The van der Waals surface area contributed by atoms with E-state index in [-0.39, 0.29) is 17.8 Å². The number of aromatic nitrogens is 1. The summed E-state index contributed by atoms with van der Waals surface area (Å²) >= 11 is 0. The molecule has 3 rings (SSSR count). The maximum absolute atomic E-state index is 13.3. The molecule has 1 atom stereocenters. The molecule has 2 aromatic rings. The summed E-state index contributed by atoms with van der Waals surface area (Å²) in [5.41, 5.74) is 1.56. The van der Waals surface area contributed by atoms with E-state index in [9.17, 15) is 9.18 Å². The predicted molar refractivity (Wildman–Crippen MR) is 96.9 cm³/mol. The molecule has 1 aliphatic heterocycles. The standard InChI is InChI=1S/C20H26FN3O/c1-23-11-7-10-18(23)19(24-12-4-2-3-5-13-24)15-22-20(25)16-8-6-9-17(21)14-16/h6-11,14,19H,2-5,12-13,15H2,1H3,(H,22,25). The van der Waals surface area contributed by atoms with E-state index in [1.54, 1.807) is 12.1 Å². The fourth-order valence-corrected chi connectivity index (χ4v) is 3.57. The molecular weight excluding hydrogens is 317 g/mol. The Labute approximate surface area is 148 Å². The highest BCUT2D eigenvalue weighted by Crippen LogP contribution is 2.24. The third-order valence-corrected chi connectivity index (χ3v) is 4.95. The summed E-state index contributed by atoms with van der Waals surface area (Å²) in [7, 11) is 2.04. The van der Waals surface area contributed by atoms with Crippen LogP contribution in [0.15, 0.2) is 42.6 Å². The Bertz CT molecular complexity index is 704. The molecule has 134 valence electrons. The van der Waals surface area contributed by atoms with Gasteiger partial charge in [-0.15, -0.1) is 0 Å². The lowest BCUT2D eigenvalue weighted by atomic mass is 10.1. The maximum atomic E-state index is 13.3. The molecule has 1 aromatic carbocycles. The van der Waals surface area contributed by atoms with Crippen LogP contribution in [-0.4, -0.2) is 35.0 Å². The first-order chi connectivity index (χ1) is 12.1. The Morgan fingerprint density at radius 1 is 1.16 bits per heavy atom. The Morgan fingerprint density at radius 3 is 2.56 bits per heavy atom. The van der Waals surface area contributed by atoms with E-state index in [0.717, 1.165) is 13.1 Å². The van der Waals surface area contributed by atoms with Gasteiger partial charge in [-0.25, -0.2) is 4.39 Å². The van der Waals surface area contributed by atoms with Crippen LogP contribution in [0.1, 0.15) is 47.8 Å². The van der Waals surface area contributed by atoms with E-state index >= 15 is 0 Å². The lowest BCUT2D eigenvalue weighted by molar-refractivity contribution is 0.0931. The van der Waals surface area contributed by atoms with E-state index in [2.05, 4.69) is 20.9 Å². The molecular formula is C20H26FN3O. The highest BCUT2D eigenvalue weighted by molar-refractivity contribution is 5.94. The van der Waals surface area contributed by atoms with Crippen LogP contribution >= 0.6 is 0 Å². The normalized spacial score (nSPS) is 17.0. The van der Waals surface area contributed by atoms with Crippen molar-refractivity contribution in [1.82, 2.24) is 14.8 Å². The fourth-order valence-electron chi connectivity index (χ4n) is 3.57. The van der Waals surface area contributed by atoms with Gasteiger partial charge in [0.2, 0.25) is 0 Å². The summed E-state index contributed by atoms with van der Waals surface area (Å²) in [6.07, 6.45) is 6.96. The van der Waals surface area contributed by atoms with Gasteiger partial charge in [0, 0.05) is 31.0 Å². The van der Waals surface area contributed by atoms with Crippen molar-refractivity contribution >= 4 is 5.91 Å². The average molecular weight is 343 g/mol. The summed E-state index contributed by atoms with van der Waals surface area (Å²) < 4.78 is 15.5. The summed E-state index contributed by atoms with van der Waals surface area (Å²) in [5, 5.41) is 3.00. The molecule has 0 bridgehead atoms. The molecule has 0 aliphatic carbocycles. The van der Waals surface area contributed by atoms with Gasteiger partial charge in [0.1, 0.15) is 5.82 Å². The molecule has 0 radical (unpaired) electrons.